The summed E-state index contributed by atoms with van der Waals surface area (Å²) in [6.45, 7) is 3.57. The van der Waals surface area contributed by atoms with Crippen molar-refractivity contribution in [3.05, 3.63) is 65.0 Å². The fraction of sp³-hybridized carbons (Fsp3) is 0.211. The summed E-state index contributed by atoms with van der Waals surface area (Å²) in [5.74, 6) is -0.924. The third kappa shape index (κ3) is 2.69. The van der Waals surface area contributed by atoms with Crippen LogP contribution in [0.15, 0.2) is 59.4 Å². The van der Waals surface area contributed by atoms with E-state index in [0.717, 1.165) is 0 Å². The molecule has 3 aromatic rings. The lowest BCUT2D eigenvalue weighted by atomic mass is 10.0. The van der Waals surface area contributed by atoms with E-state index < -0.39 is 12.0 Å². The summed E-state index contributed by atoms with van der Waals surface area (Å²) >= 11 is 0. The first-order valence-electron chi connectivity index (χ1n) is 7.80. The number of fused-ring (bicyclic) bond motifs is 1. The van der Waals surface area contributed by atoms with Gasteiger partial charge in [-0.25, -0.2) is 9.78 Å². The topological polar surface area (TPSA) is 72.2 Å². The predicted octanol–water partition coefficient (Wildman–Crippen LogP) is 3.35. The lowest BCUT2D eigenvalue weighted by molar-refractivity contribution is -0.142. The van der Waals surface area contributed by atoms with Gasteiger partial charge in [-0.3, -0.25) is 9.36 Å². The summed E-state index contributed by atoms with van der Waals surface area (Å²) in [6.07, 6.45) is 0. The lowest BCUT2D eigenvalue weighted by Gasteiger charge is -2.23. The van der Waals surface area contributed by atoms with Crippen molar-refractivity contribution in [1.29, 1.82) is 0 Å². The van der Waals surface area contributed by atoms with Crippen molar-refractivity contribution in [3.63, 3.8) is 0 Å². The molecule has 0 bridgehead atoms. The first kappa shape index (κ1) is 15.9. The number of carbonyl (C=O) groups is 1. The minimum absolute atomic E-state index is 0.259. The minimum atomic E-state index is -1.04. The molecule has 2 aromatic carbocycles. The summed E-state index contributed by atoms with van der Waals surface area (Å²) in [7, 11) is 0. The van der Waals surface area contributed by atoms with Gasteiger partial charge in [0.1, 0.15) is 11.9 Å². The molecule has 122 valence electrons. The number of para-hydroxylation sites is 1. The van der Waals surface area contributed by atoms with Gasteiger partial charge < -0.3 is 5.11 Å². The van der Waals surface area contributed by atoms with E-state index in [-0.39, 0.29) is 11.5 Å². The van der Waals surface area contributed by atoms with Crippen molar-refractivity contribution in [2.24, 2.45) is 5.92 Å². The molecule has 1 atom stereocenters. The molecule has 0 fully saturated rings. The van der Waals surface area contributed by atoms with Gasteiger partial charge in [0.25, 0.3) is 5.56 Å². The molecule has 5 nitrogen and oxygen atoms in total. The minimum Gasteiger partial charge on any atom is -0.480 e. The van der Waals surface area contributed by atoms with Crippen LogP contribution in [0, 0.1) is 5.92 Å². The molecule has 0 spiro atoms. The number of aromatic nitrogens is 2. The van der Waals surface area contributed by atoms with Crippen LogP contribution in [0.5, 0.6) is 0 Å². The van der Waals surface area contributed by atoms with Crippen LogP contribution in [0.1, 0.15) is 19.9 Å². The molecule has 0 saturated heterocycles. The zero-order chi connectivity index (χ0) is 17.3. The van der Waals surface area contributed by atoms with Gasteiger partial charge in [-0.15, -0.1) is 0 Å². The van der Waals surface area contributed by atoms with Crippen molar-refractivity contribution in [2.75, 3.05) is 0 Å². The van der Waals surface area contributed by atoms with Crippen molar-refractivity contribution < 1.29 is 9.90 Å². The fourth-order valence-corrected chi connectivity index (χ4v) is 2.89. The Kier molecular flexibility index (Phi) is 4.16. The molecule has 0 aliphatic rings. The SMILES string of the molecule is CC(C)C(C(=O)O)n1c(-c2ccccc2)nc2ccccc2c1=O. The standard InChI is InChI=1S/C19H18N2O3/c1-12(2)16(19(23)24)21-17(13-8-4-3-5-9-13)20-15-11-7-6-10-14(15)18(21)22/h3-12,16H,1-2H3,(H,23,24). The summed E-state index contributed by atoms with van der Waals surface area (Å²) in [6, 6.07) is 15.2. The number of carboxylic acids is 1. The molecular weight excluding hydrogens is 304 g/mol. The van der Waals surface area contributed by atoms with Crippen molar-refractivity contribution in [3.8, 4) is 11.4 Å². The van der Waals surface area contributed by atoms with E-state index in [9.17, 15) is 14.7 Å². The van der Waals surface area contributed by atoms with Gasteiger partial charge in [-0.05, 0) is 18.1 Å². The Morgan fingerprint density at radius 2 is 1.67 bits per heavy atom. The van der Waals surface area contributed by atoms with Crippen molar-refractivity contribution in [2.45, 2.75) is 19.9 Å². The molecule has 24 heavy (non-hydrogen) atoms. The number of aliphatic carboxylic acids is 1. The highest BCUT2D eigenvalue weighted by Gasteiger charge is 2.28. The molecule has 0 aliphatic carbocycles. The Bertz CT molecular complexity index is 946. The Labute approximate surface area is 139 Å². The molecule has 1 unspecified atom stereocenters. The van der Waals surface area contributed by atoms with Crippen molar-refractivity contribution >= 4 is 16.9 Å². The molecule has 1 aromatic heterocycles. The first-order chi connectivity index (χ1) is 11.5. The van der Waals surface area contributed by atoms with Crippen LogP contribution in [-0.2, 0) is 4.79 Å². The van der Waals surface area contributed by atoms with E-state index in [0.29, 0.717) is 22.3 Å². The summed E-state index contributed by atoms with van der Waals surface area (Å²) in [5.41, 5.74) is 0.943. The predicted molar refractivity (Wildman–Crippen MR) is 92.9 cm³/mol. The number of nitrogens with zero attached hydrogens (tertiary/aromatic N) is 2. The van der Waals surface area contributed by atoms with E-state index in [1.54, 1.807) is 32.0 Å². The average molecular weight is 322 g/mol. The third-order valence-corrected chi connectivity index (χ3v) is 4.00. The molecule has 0 radical (unpaired) electrons. The molecule has 0 saturated carbocycles. The van der Waals surface area contributed by atoms with E-state index >= 15 is 0 Å². The van der Waals surface area contributed by atoms with E-state index in [1.165, 1.54) is 4.57 Å². The molecule has 1 heterocycles. The van der Waals surface area contributed by atoms with Gasteiger partial charge in [-0.2, -0.15) is 0 Å². The largest absolute Gasteiger partial charge is 0.480 e. The number of benzene rings is 2. The number of rotatable bonds is 4. The summed E-state index contributed by atoms with van der Waals surface area (Å²) in [5, 5.41) is 10.1. The van der Waals surface area contributed by atoms with Crippen LogP contribution < -0.4 is 5.56 Å². The Morgan fingerprint density at radius 1 is 1.04 bits per heavy atom. The van der Waals surface area contributed by atoms with Gasteiger partial charge in [-0.1, -0.05) is 56.3 Å². The van der Waals surface area contributed by atoms with E-state index in [1.807, 2.05) is 36.4 Å². The Balaban J connectivity index is 2.42. The Morgan fingerprint density at radius 3 is 2.29 bits per heavy atom. The fourth-order valence-electron chi connectivity index (χ4n) is 2.89. The van der Waals surface area contributed by atoms with Crippen LogP contribution in [0.25, 0.3) is 22.3 Å². The summed E-state index contributed by atoms with van der Waals surface area (Å²) < 4.78 is 1.31. The number of carboxylic acid groups (broad SMARTS) is 1. The average Bonchev–Trinajstić information content (AvgIpc) is 2.57. The lowest BCUT2D eigenvalue weighted by Crippen LogP contribution is -2.35. The maximum Gasteiger partial charge on any atom is 0.327 e. The monoisotopic (exact) mass is 322 g/mol. The zero-order valence-electron chi connectivity index (χ0n) is 13.5. The molecule has 0 aliphatic heterocycles. The molecule has 5 heteroatoms. The van der Waals surface area contributed by atoms with Gasteiger partial charge >= 0.3 is 5.97 Å². The second kappa shape index (κ2) is 6.28. The van der Waals surface area contributed by atoms with Crippen LogP contribution >= 0.6 is 0 Å². The number of hydrogen-bond donors (Lipinski definition) is 1. The van der Waals surface area contributed by atoms with E-state index in [4.69, 9.17) is 0 Å². The van der Waals surface area contributed by atoms with Crippen LogP contribution in [0.3, 0.4) is 0 Å². The Hall–Kier alpha value is -2.95. The quantitative estimate of drug-likeness (QED) is 0.799. The molecular formula is C19H18N2O3. The highest BCUT2D eigenvalue weighted by molar-refractivity contribution is 5.81. The van der Waals surface area contributed by atoms with Gasteiger partial charge in [0.15, 0.2) is 0 Å². The van der Waals surface area contributed by atoms with Gasteiger partial charge in [0.2, 0.25) is 0 Å². The normalized spacial score (nSPS) is 12.5. The van der Waals surface area contributed by atoms with Crippen molar-refractivity contribution in [1.82, 2.24) is 9.55 Å². The summed E-state index contributed by atoms with van der Waals surface area (Å²) in [4.78, 5) is 29.4. The van der Waals surface area contributed by atoms with Gasteiger partial charge in [0, 0.05) is 5.56 Å². The molecule has 0 amide bonds. The van der Waals surface area contributed by atoms with E-state index in [2.05, 4.69) is 4.98 Å². The highest BCUT2D eigenvalue weighted by atomic mass is 16.4. The third-order valence-electron chi connectivity index (χ3n) is 4.00. The second-order valence-corrected chi connectivity index (χ2v) is 6.02. The van der Waals surface area contributed by atoms with Crippen LogP contribution in [0.2, 0.25) is 0 Å². The van der Waals surface area contributed by atoms with Gasteiger partial charge in [0.05, 0.1) is 10.9 Å². The van der Waals surface area contributed by atoms with Crippen LogP contribution in [-0.4, -0.2) is 20.6 Å². The zero-order valence-corrected chi connectivity index (χ0v) is 13.5. The maximum absolute atomic E-state index is 13.0. The highest BCUT2D eigenvalue weighted by Crippen LogP contribution is 2.25. The molecule has 3 rings (SSSR count). The second-order valence-electron chi connectivity index (χ2n) is 6.02. The first-order valence-corrected chi connectivity index (χ1v) is 7.80. The van der Waals surface area contributed by atoms with Crippen LogP contribution in [0.4, 0.5) is 0 Å². The maximum atomic E-state index is 13.0. The number of hydrogen-bond acceptors (Lipinski definition) is 3. The smallest absolute Gasteiger partial charge is 0.327 e. The molecule has 1 N–H and O–H groups in total.